The van der Waals surface area contributed by atoms with E-state index < -0.39 is 0 Å². The standard InChI is InChI=1S/C14H28N2O2/c1-4-5-13(15)14(17)16-11-6-7-18-12(9-11)8-10(2)3/h10-13H,4-9,15H2,1-3H3,(H,16,17). The van der Waals surface area contributed by atoms with E-state index in [0.717, 1.165) is 38.7 Å². The molecule has 1 aliphatic heterocycles. The average Bonchev–Trinajstić information content (AvgIpc) is 2.28. The van der Waals surface area contributed by atoms with Crippen LogP contribution in [-0.4, -0.2) is 30.7 Å². The Kier molecular flexibility index (Phi) is 6.65. The Hall–Kier alpha value is -0.610. The molecular weight excluding hydrogens is 228 g/mol. The van der Waals surface area contributed by atoms with Crippen LogP contribution >= 0.6 is 0 Å². The molecule has 0 bridgehead atoms. The molecule has 1 amide bonds. The number of hydrogen-bond acceptors (Lipinski definition) is 3. The summed E-state index contributed by atoms with van der Waals surface area (Å²) in [6.07, 6.45) is 4.87. The summed E-state index contributed by atoms with van der Waals surface area (Å²) < 4.78 is 5.73. The summed E-state index contributed by atoms with van der Waals surface area (Å²) in [5.41, 5.74) is 5.82. The molecule has 3 atom stereocenters. The fourth-order valence-electron chi connectivity index (χ4n) is 2.45. The molecule has 1 rings (SSSR count). The van der Waals surface area contributed by atoms with Gasteiger partial charge in [0, 0.05) is 12.6 Å². The predicted octanol–water partition coefficient (Wildman–Crippen LogP) is 1.82. The molecule has 1 fully saturated rings. The van der Waals surface area contributed by atoms with Crippen LogP contribution in [0.25, 0.3) is 0 Å². The average molecular weight is 256 g/mol. The molecule has 1 heterocycles. The maximum Gasteiger partial charge on any atom is 0.237 e. The van der Waals surface area contributed by atoms with Crippen LogP contribution in [0.1, 0.15) is 52.9 Å². The van der Waals surface area contributed by atoms with E-state index in [1.165, 1.54) is 0 Å². The molecule has 4 nitrogen and oxygen atoms in total. The zero-order chi connectivity index (χ0) is 13.5. The van der Waals surface area contributed by atoms with Gasteiger partial charge in [0.1, 0.15) is 0 Å². The number of carbonyl (C=O) groups is 1. The first kappa shape index (κ1) is 15.4. The van der Waals surface area contributed by atoms with Gasteiger partial charge in [-0.05, 0) is 31.6 Å². The smallest absolute Gasteiger partial charge is 0.237 e. The molecule has 0 aliphatic carbocycles. The summed E-state index contributed by atoms with van der Waals surface area (Å²) in [4.78, 5) is 11.9. The highest BCUT2D eigenvalue weighted by atomic mass is 16.5. The topological polar surface area (TPSA) is 64.4 Å². The van der Waals surface area contributed by atoms with Crippen molar-refractivity contribution in [1.82, 2.24) is 5.32 Å². The Balaban J connectivity index is 2.35. The first-order valence-electron chi connectivity index (χ1n) is 7.20. The second-order valence-electron chi connectivity index (χ2n) is 5.75. The Morgan fingerprint density at radius 1 is 1.50 bits per heavy atom. The van der Waals surface area contributed by atoms with E-state index >= 15 is 0 Å². The predicted molar refractivity (Wildman–Crippen MR) is 73.2 cm³/mol. The molecule has 0 saturated carbocycles. The van der Waals surface area contributed by atoms with Crippen LogP contribution in [0.2, 0.25) is 0 Å². The largest absolute Gasteiger partial charge is 0.378 e. The van der Waals surface area contributed by atoms with Crippen LogP contribution < -0.4 is 11.1 Å². The molecular formula is C14H28N2O2. The highest BCUT2D eigenvalue weighted by Crippen LogP contribution is 2.20. The van der Waals surface area contributed by atoms with E-state index in [-0.39, 0.29) is 24.1 Å². The molecule has 0 aromatic heterocycles. The molecule has 0 aromatic carbocycles. The minimum Gasteiger partial charge on any atom is -0.378 e. The van der Waals surface area contributed by atoms with E-state index in [1.807, 2.05) is 6.92 Å². The molecule has 18 heavy (non-hydrogen) atoms. The van der Waals surface area contributed by atoms with Crippen molar-refractivity contribution in [3.05, 3.63) is 0 Å². The van der Waals surface area contributed by atoms with Crippen LogP contribution in [0.15, 0.2) is 0 Å². The molecule has 0 radical (unpaired) electrons. The number of amides is 1. The van der Waals surface area contributed by atoms with E-state index in [0.29, 0.717) is 5.92 Å². The number of nitrogens with two attached hydrogens (primary N) is 1. The summed E-state index contributed by atoms with van der Waals surface area (Å²) in [5.74, 6) is 0.624. The van der Waals surface area contributed by atoms with Gasteiger partial charge >= 0.3 is 0 Å². The van der Waals surface area contributed by atoms with Crippen LogP contribution in [0.4, 0.5) is 0 Å². The number of nitrogens with one attached hydrogen (secondary N) is 1. The number of carbonyl (C=O) groups excluding carboxylic acids is 1. The zero-order valence-electron chi connectivity index (χ0n) is 11.9. The highest BCUT2D eigenvalue weighted by molar-refractivity contribution is 5.81. The lowest BCUT2D eigenvalue weighted by Gasteiger charge is -2.31. The lowest BCUT2D eigenvalue weighted by Crippen LogP contribution is -2.48. The molecule has 1 aliphatic rings. The first-order chi connectivity index (χ1) is 8.52. The number of hydrogen-bond donors (Lipinski definition) is 2. The molecule has 3 unspecified atom stereocenters. The summed E-state index contributed by atoms with van der Waals surface area (Å²) >= 11 is 0. The third kappa shape index (κ3) is 5.36. The van der Waals surface area contributed by atoms with Crippen LogP contribution in [0.5, 0.6) is 0 Å². The first-order valence-corrected chi connectivity index (χ1v) is 7.20. The molecule has 4 heteroatoms. The van der Waals surface area contributed by atoms with Gasteiger partial charge in [-0.25, -0.2) is 0 Å². The van der Waals surface area contributed by atoms with Crippen LogP contribution in [0, 0.1) is 5.92 Å². The van der Waals surface area contributed by atoms with Crippen molar-refractivity contribution in [1.29, 1.82) is 0 Å². The van der Waals surface area contributed by atoms with E-state index in [2.05, 4.69) is 19.2 Å². The van der Waals surface area contributed by atoms with Gasteiger partial charge in [0.15, 0.2) is 0 Å². The molecule has 3 N–H and O–H groups in total. The normalized spacial score (nSPS) is 26.1. The van der Waals surface area contributed by atoms with Gasteiger partial charge in [0.05, 0.1) is 12.1 Å². The Bertz CT molecular complexity index is 256. The van der Waals surface area contributed by atoms with Gasteiger partial charge in [-0.15, -0.1) is 0 Å². The maximum atomic E-state index is 11.9. The third-order valence-corrected chi connectivity index (χ3v) is 3.38. The van der Waals surface area contributed by atoms with Crippen LogP contribution in [0.3, 0.4) is 0 Å². The van der Waals surface area contributed by atoms with Gasteiger partial charge in [0.2, 0.25) is 5.91 Å². The fourth-order valence-corrected chi connectivity index (χ4v) is 2.45. The van der Waals surface area contributed by atoms with Gasteiger partial charge in [0.25, 0.3) is 0 Å². The number of rotatable bonds is 6. The monoisotopic (exact) mass is 256 g/mol. The van der Waals surface area contributed by atoms with Crippen LogP contribution in [-0.2, 0) is 9.53 Å². The minimum absolute atomic E-state index is 0.00736. The molecule has 1 saturated heterocycles. The van der Waals surface area contributed by atoms with Crippen molar-refractivity contribution >= 4 is 5.91 Å². The van der Waals surface area contributed by atoms with Gasteiger partial charge < -0.3 is 15.8 Å². The Morgan fingerprint density at radius 2 is 2.22 bits per heavy atom. The van der Waals surface area contributed by atoms with E-state index in [4.69, 9.17) is 10.5 Å². The Labute approximate surface area is 111 Å². The van der Waals surface area contributed by atoms with Crippen molar-refractivity contribution in [2.24, 2.45) is 11.7 Å². The summed E-state index contributed by atoms with van der Waals surface area (Å²) in [6, 6.07) is -0.126. The Morgan fingerprint density at radius 3 is 2.83 bits per heavy atom. The second-order valence-corrected chi connectivity index (χ2v) is 5.75. The van der Waals surface area contributed by atoms with Gasteiger partial charge in [-0.1, -0.05) is 27.2 Å². The van der Waals surface area contributed by atoms with E-state index in [9.17, 15) is 4.79 Å². The van der Waals surface area contributed by atoms with Gasteiger partial charge in [-0.3, -0.25) is 4.79 Å². The van der Waals surface area contributed by atoms with E-state index in [1.54, 1.807) is 0 Å². The lowest BCUT2D eigenvalue weighted by molar-refractivity contribution is -0.124. The highest BCUT2D eigenvalue weighted by Gasteiger charge is 2.25. The fraction of sp³-hybridized carbons (Fsp3) is 0.929. The summed E-state index contributed by atoms with van der Waals surface area (Å²) in [6.45, 7) is 7.18. The van der Waals surface area contributed by atoms with Crippen molar-refractivity contribution in [2.75, 3.05) is 6.61 Å². The van der Waals surface area contributed by atoms with Gasteiger partial charge in [-0.2, -0.15) is 0 Å². The molecule has 0 spiro atoms. The minimum atomic E-state index is -0.360. The second kappa shape index (κ2) is 7.74. The lowest BCUT2D eigenvalue weighted by atomic mass is 9.96. The number of ether oxygens (including phenoxy) is 1. The third-order valence-electron chi connectivity index (χ3n) is 3.38. The quantitative estimate of drug-likeness (QED) is 0.762. The molecule has 0 aromatic rings. The SMILES string of the molecule is CCCC(N)C(=O)NC1CCOC(CC(C)C)C1. The summed E-state index contributed by atoms with van der Waals surface area (Å²) in [7, 11) is 0. The summed E-state index contributed by atoms with van der Waals surface area (Å²) in [5, 5.41) is 3.06. The maximum absolute atomic E-state index is 11.9. The zero-order valence-corrected chi connectivity index (χ0v) is 11.9. The van der Waals surface area contributed by atoms with Crippen molar-refractivity contribution < 1.29 is 9.53 Å². The van der Waals surface area contributed by atoms with Crippen molar-refractivity contribution in [3.8, 4) is 0 Å². The molecule has 106 valence electrons. The van der Waals surface area contributed by atoms with Crippen molar-refractivity contribution in [2.45, 2.75) is 71.1 Å². The van der Waals surface area contributed by atoms with Crippen molar-refractivity contribution in [3.63, 3.8) is 0 Å².